The summed E-state index contributed by atoms with van der Waals surface area (Å²) in [5.74, 6) is 0. The van der Waals surface area contributed by atoms with Gasteiger partial charge in [0.25, 0.3) is 0 Å². The van der Waals surface area contributed by atoms with E-state index < -0.39 is 0 Å². The number of nitrogens with zero attached hydrogens (tertiary/aromatic N) is 1. The second-order valence-corrected chi connectivity index (χ2v) is 5.28. The third-order valence-corrected chi connectivity index (χ3v) is 4.23. The third kappa shape index (κ3) is 3.03. The standard InChI is InChI=1S/C12H20N2OS/c1-3-12-14-10(8-16-12)7-13-9-4-5-11(6-9)15-2/h8-9,11,13H,3-7H2,1-2H3. The zero-order valence-corrected chi connectivity index (χ0v) is 10.8. The summed E-state index contributed by atoms with van der Waals surface area (Å²) in [5, 5.41) is 6.96. The fourth-order valence-corrected chi connectivity index (χ4v) is 2.93. The van der Waals surface area contributed by atoms with Crippen LogP contribution in [0.15, 0.2) is 5.38 Å². The van der Waals surface area contributed by atoms with Crippen molar-refractivity contribution in [3.63, 3.8) is 0 Å². The molecule has 4 heteroatoms. The Morgan fingerprint density at radius 3 is 3.06 bits per heavy atom. The Hall–Kier alpha value is -0.450. The van der Waals surface area contributed by atoms with Crippen LogP contribution in [-0.4, -0.2) is 24.2 Å². The highest BCUT2D eigenvalue weighted by molar-refractivity contribution is 7.09. The average molecular weight is 240 g/mol. The van der Waals surface area contributed by atoms with Gasteiger partial charge in [0.2, 0.25) is 0 Å². The van der Waals surface area contributed by atoms with Crippen LogP contribution in [0.5, 0.6) is 0 Å². The number of hydrogen-bond donors (Lipinski definition) is 1. The molecular weight excluding hydrogens is 220 g/mol. The van der Waals surface area contributed by atoms with Gasteiger partial charge in [-0.15, -0.1) is 11.3 Å². The molecule has 0 saturated heterocycles. The molecule has 1 aliphatic rings. The monoisotopic (exact) mass is 240 g/mol. The van der Waals surface area contributed by atoms with Crippen molar-refractivity contribution < 1.29 is 4.74 Å². The van der Waals surface area contributed by atoms with E-state index in [0.29, 0.717) is 12.1 Å². The van der Waals surface area contributed by atoms with Crippen molar-refractivity contribution in [1.29, 1.82) is 0 Å². The molecule has 2 rings (SSSR count). The normalized spacial score (nSPS) is 25.1. The van der Waals surface area contributed by atoms with Crippen molar-refractivity contribution in [3.8, 4) is 0 Å². The van der Waals surface area contributed by atoms with Crippen molar-refractivity contribution in [1.82, 2.24) is 10.3 Å². The van der Waals surface area contributed by atoms with Crippen molar-refractivity contribution >= 4 is 11.3 Å². The van der Waals surface area contributed by atoms with Crippen molar-refractivity contribution in [2.75, 3.05) is 7.11 Å². The molecule has 0 radical (unpaired) electrons. The zero-order valence-electron chi connectivity index (χ0n) is 10.0. The summed E-state index contributed by atoms with van der Waals surface area (Å²) >= 11 is 1.76. The molecule has 1 fully saturated rings. The van der Waals surface area contributed by atoms with Gasteiger partial charge in [-0.3, -0.25) is 0 Å². The van der Waals surface area contributed by atoms with Gasteiger partial charge in [-0.25, -0.2) is 4.98 Å². The van der Waals surface area contributed by atoms with Gasteiger partial charge < -0.3 is 10.1 Å². The first-order valence-corrected chi connectivity index (χ1v) is 6.89. The topological polar surface area (TPSA) is 34.2 Å². The number of rotatable bonds is 5. The van der Waals surface area contributed by atoms with Gasteiger partial charge in [0, 0.05) is 25.1 Å². The first-order valence-electron chi connectivity index (χ1n) is 6.01. The fraction of sp³-hybridized carbons (Fsp3) is 0.750. The third-order valence-electron chi connectivity index (χ3n) is 3.19. The molecule has 0 spiro atoms. The van der Waals surface area contributed by atoms with Gasteiger partial charge >= 0.3 is 0 Å². The molecule has 0 amide bonds. The van der Waals surface area contributed by atoms with Crippen LogP contribution in [-0.2, 0) is 17.7 Å². The van der Waals surface area contributed by atoms with E-state index in [1.54, 1.807) is 18.4 Å². The van der Waals surface area contributed by atoms with Crippen molar-refractivity contribution in [2.24, 2.45) is 0 Å². The molecule has 0 aliphatic heterocycles. The molecule has 3 nitrogen and oxygen atoms in total. The molecule has 1 saturated carbocycles. The van der Waals surface area contributed by atoms with Crippen LogP contribution in [0.4, 0.5) is 0 Å². The lowest BCUT2D eigenvalue weighted by atomic mass is 10.2. The summed E-state index contributed by atoms with van der Waals surface area (Å²) in [6, 6.07) is 0.608. The van der Waals surface area contributed by atoms with Gasteiger partial charge in [0.05, 0.1) is 16.8 Å². The van der Waals surface area contributed by atoms with Gasteiger partial charge in [-0.2, -0.15) is 0 Å². The lowest BCUT2D eigenvalue weighted by molar-refractivity contribution is 0.107. The number of methoxy groups -OCH3 is 1. The zero-order chi connectivity index (χ0) is 11.4. The van der Waals surface area contributed by atoms with Crippen LogP contribution >= 0.6 is 11.3 Å². The highest BCUT2D eigenvalue weighted by Gasteiger charge is 2.23. The minimum atomic E-state index is 0.458. The fourth-order valence-electron chi connectivity index (χ4n) is 2.18. The first kappa shape index (κ1) is 12.0. The summed E-state index contributed by atoms with van der Waals surface area (Å²) in [5.41, 5.74) is 1.18. The molecule has 2 unspecified atom stereocenters. The molecular formula is C12H20N2OS. The van der Waals surface area contributed by atoms with E-state index in [2.05, 4.69) is 22.6 Å². The van der Waals surface area contributed by atoms with E-state index in [1.165, 1.54) is 23.5 Å². The summed E-state index contributed by atoms with van der Waals surface area (Å²) in [6.45, 7) is 3.05. The second kappa shape index (κ2) is 5.75. The predicted molar refractivity (Wildman–Crippen MR) is 66.8 cm³/mol. The van der Waals surface area contributed by atoms with Gasteiger partial charge in [-0.1, -0.05) is 6.92 Å². The van der Waals surface area contributed by atoms with E-state index >= 15 is 0 Å². The van der Waals surface area contributed by atoms with Crippen molar-refractivity contribution in [2.45, 2.75) is 51.3 Å². The smallest absolute Gasteiger partial charge is 0.0926 e. The number of nitrogens with one attached hydrogen (secondary N) is 1. The van der Waals surface area contributed by atoms with Gasteiger partial charge in [0.1, 0.15) is 0 Å². The Labute approximate surface area is 101 Å². The van der Waals surface area contributed by atoms with Gasteiger partial charge in [0.15, 0.2) is 0 Å². The minimum Gasteiger partial charge on any atom is -0.381 e. The number of ether oxygens (including phenoxy) is 1. The minimum absolute atomic E-state index is 0.458. The Morgan fingerprint density at radius 1 is 1.56 bits per heavy atom. The SMILES string of the molecule is CCc1nc(CNC2CCC(OC)C2)cs1. The quantitative estimate of drug-likeness (QED) is 0.858. The highest BCUT2D eigenvalue weighted by atomic mass is 32.1. The predicted octanol–water partition coefficient (Wildman–Crippen LogP) is 2.36. The average Bonchev–Trinajstić information content (AvgIpc) is 2.95. The maximum absolute atomic E-state index is 5.36. The number of hydrogen-bond acceptors (Lipinski definition) is 4. The largest absolute Gasteiger partial charge is 0.381 e. The summed E-state index contributed by atoms with van der Waals surface area (Å²) < 4.78 is 5.36. The van der Waals surface area contributed by atoms with E-state index in [-0.39, 0.29) is 0 Å². The number of aryl methyl sites for hydroxylation is 1. The molecule has 0 bridgehead atoms. The van der Waals surface area contributed by atoms with Crippen LogP contribution < -0.4 is 5.32 Å². The van der Waals surface area contributed by atoms with Crippen LogP contribution in [0.2, 0.25) is 0 Å². The number of aromatic nitrogens is 1. The second-order valence-electron chi connectivity index (χ2n) is 4.33. The summed E-state index contributed by atoms with van der Waals surface area (Å²) in [4.78, 5) is 4.55. The Morgan fingerprint density at radius 2 is 2.44 bits per heavy atom. The van der Waals surface area contributed by atoms with Crippen LogP contribution in [0.3, 0.4) is 0 Å². The summed E-state index contributed by atoms with van der Waals surface area (Å²) in [7, 11) is 1.81. The van der Waals surface area contributed by atoms with E-state index in [0.717, 1.165) is 19.4 Å². The molecule has 1 heterocycles. The molecule has 16 heavy (non-hydrogen) atoms. The lowest BCUT2D eigenvalue weighted by Gasteiger charge is -2.11. The maximum atomic E-state index is 5.36. The molecule has 1 aliphatic carbocycles. The molecule has 90 valence electrons. The lowest BCUT2D eigenvalue weighted by Crippen LogP contribution is -2.26. The molecule has 1 aromatic heterocycles. The summed E-state index contributed by atoms with van der Waals surface area (Å²) in [6.07, 6.45) is 5.05. The van der Waals surface area contributed by atoms with Crippen LogP contribution in [0, 0.1) is 0 Å². The van der Waals surface area contributed by atoms with Crippen LogP contribution in [0.1, 0.15) is 36.9 Å². The van der Waals surface area contributed by atoms with E-state index in [1.807, 2.05) is 0 Å². The van der Waals surface area contributed by atoms with Gasteiger partial charge in [-0.05, 0) is 25.7 Å². The molecule has 1 aromatic rings. The Balaban J connectivity index is 1.75. The Kier molecular flexibility index (Phi) is 4.32. The maximum Gasteiger partial charge on any atom is 0.0926 e. The molecule has 2 atom stereocenters. The Bertz CT molecular complexity index is 327. The highest BCUT2D eigenvalue weighted by Crippen LogP contribution is 2.21. The molecule has 1 N–H and O–H groups in total. The van der Waals surface area contributed by atoms with Crippen molar-refractivity contribution in [3.05, 3.63) is 16.1 Å². The van der Waals surface area contributed by atoms with E-state index in [9.17, 15) is 0 Å². The molecule has 0 aromatic carbocycles. The van der Waals surface area contributed by atoms with Crippen LogP contribution in [0.25, 0.3) is 0 Å². The first-order chi connectivity index (χ1) is 7.81. The van der Waals surface area contributed by atoms with E-state index in [4.69, 9.17) is 4.74 Å². The number of thiazole rings is 1.